The molecule has 34 heavy (non-hydrogen) atoms. The second-order valence-electron chi connectivity index (χ2n) is 8.52. The highest BCUT2D eigenvalue weighted by Crippen LogP contribution is 2.29. The number of aromatic nitrogens is 4. The average Bonchev–Trinajstić information content (AvgIpc) is 3.35. The van der Waals surface area contributed by atoms with E-state index in [0.717, 1.165) is 49.4 Å². The van der Waals surface area contributed by atoms with E-state index >= 15 is 0 Å². The van der Waals surface area contributed by atoms with Gasteiger partial charge in [-0.15, -0.1) is 10.2 Å². The Morgan fingerprint density at radius 3 is 2.68 bits per heavy atom. The molecular weight excluding hydrogens is 448 g/mol. The predicted molar refractivity (Wildman–Crippen MR) is 133 cm³/mol. The monoisotopic (exact) mass is 474 g/mol. The summed E-state index contributed by atoms with van der Waals surface area (Å²) < 4.78 is 1.95. The zero-order valence-electron chi connectivity index (χ0n) is 19.1. The van der Waals surface area contributed by atoms with Gasteiger partial charge in [-0.1, -0.05) is 41.0 Å². The molecule has 0 bridgehead atoms. The first-order valence-electron chi connectivity index (χ1n) is 11.6. The number of rotatable bonds is 7. The lowest BCUT2D eigenvalue weighted by atomic mass is 9.90. The van der Waals surface area contributed by atoms with E-state index in [1.54, 1.807) is 12.5 Å². The van der Waals surface area contributed by atoms with Crippen molar-refractivity contribution in [1.29, 1.82) is 0 Å². The molecule has 1 aliphatic rings. The molecule has 0 unspecified atom stereocenters. The minimum atomic E-state index is 0.498. The third-order valence-electron chi connectivity index (χ3n) is 6.27. The summed E-state index contributed by atoms with van der Waals surface area (Å²) in [5, 5.41) is 13.1. The smallest absolute Gasteiger partial charge is 0.160 e. The van der Waals surface area contributed by atoms with E-state index in [0.29, 0.717) is 23.3 Å². The van der Waals surface area contributed by atoms with Gasteiger partial charge in [0.2, 0.25) is 0 Å². The van der Waals surface area contributed by atoms with Gasteiger partial charge in [0, 0.05) is 24.5 Å². The molecule has 0 saturated carbocycles. The Bertz CT molecular complexity index is 1260. The second-order valence-corrected chi connectivity index (χ2v) is 8.96. The van der Waals surface area contributed by atoms with E-state index in [2.05, 4.69) is 67.8 Å². The zero-order chi connectivity index (χ0) is 23.3. The molecule has 8 heteroatoms. The number of oxime groups is 1. The van der Waals surface area contributed by atoms with Gasteiger partial charge in [0.25, 0.3) is 0 Å². The first kappa shape index (κ1) is 22.5. The van der Waals surface area contributed by atoms with Crippen LogP contribution in [-0.2, 0) is 11.4 Å². The zero-order valence-corrected chi connectivity index (χ0v) is 19.9. The summed E-state index contributed by atoms with van der Waals surface area (Å²) >= 11 is 6.00. The highest BCUT2D eigenvalue weighted by atomic mass is 35.5. The molecule has 1 aliphatic heterocycles. The molecular formula is C26H27ClN6O. The largest absolute Gasteiger partial charge is 0.396 e. The summed E-state index contributed by atoms with van der Waals surface area (Å²) in [6, 6.07) is 16.5. The highest BCUT2D eigenvalue weighted by molar-refractivity contribution is 6.30. The number of halogens is 1. The van der Waals surface area contributed by atoms with Crippen LogP contribution >= 0.6 is 11.6 Å². The van der Waals surface area contributed by atoms with Crippen LogP contribution < -0.4 is 0 Å². The summed E-state index contributed by atoms with van der Waals surface area (Å²) in [4.78, 5) is 12.3. The summed E-state index contributed by atoms with van der Waals surface area (Å²) in [7, 11) is 0. The van der Waals surface area contributed by atoms with Gasteiger partial charge in [-0.2, -0.15) is 0 Å². The summed E-state index contributed by atoms with van der Waals surface area (Å²) in [5.74, 6) is 0.574. The molecule has 7 nitrogen and oxygen atoms in total. The Labute approximate surface area is 204 Å². The molecule has 0 atom stereocenters. The van der Waals surface area contributed by atoms with Crippen molar-refractivity contribution in [1.82, 2.24) is 24.5 Å². The molecule has 4 aromatic rings. The number of hydrogen-bond donors (Lipinski definition) is 0. The van der Waals surface area contributed by atoms with Crippen molar-refractivity contribution in [3.63, 3.8) is 0 Å². The number of fused-ring (bicyclic) bond motifs is 1. The maximum atomic E-state index is 6.00. The van der Waals surface area contributed by atoms with Gasteiger partial charge in [-0.3, -0.25) is 14.3 Å². The van der Waals surface area contributed by atoms with Crippen molar-refractivity contribution in [3.8, 4) is 0 Å². The molecule has 1 saturated heterocycles. The van der Waals surface area contributed by atoms with E-state index < -0.39 is 0 Å². The van der Waals surface area contributed by atoms with Crippen molar-refractivity contribution in [2.24, 2.45) is 5.16 Å². The average molecular weight is 475 g/mol. The van der Waals surface area contributed by atoms with Crippen molar-refractivity contribution in [2.45, 2.75) is 32.2 Å². The van der Waals surface area contributed by atoms with Crippen LogP contribution in [0.25, 0.3) is 5.65 Å². The van der Waals surface area contributed by atoms with Gasteiger partial charge >= 0.3 is 0 Å². The lowest BCUT2D eigenvalue weighted by Gasteiger charge is -2.32. The van der Waals surface area contributed by atoms with Crippen molar-refractivity contribution in [2.75, 3.05) is 19.7 Å². The van der Waals surface area contributed by atoms with E-state index in [1.807, 2.05) is 23.5 Å². The van der Waals surface area contributed by atoms with Crippen LogP contribution in [0, 0.1) is 0 Å². The molecule has 1 aromatic carbocycles. The minimum Gasteiger partial charge on any atom is -0.396 e. The summed E-state index contributed by atoms with van der Waals surface area (Å²) in [5.41, 5.74) is 5.97. The van der Waals surface area contributed by atoms with Crippen molar-refractivity contribution in [3.05, 3.63) is 94.7 Å². The van der Waals surface area contributed by atoms with Gasteiger partial charge in [0.15, 0.2) is 5.65 Å². The molecule has 3 aromatic heterocycles. The first-order chi connectivity index (χ1) is 16.7. The number of benzene rings is 1. The Hall–Kier alpha value is -3.29. The summed E-state index contributed by atoms with van der Waals surface area (Å²) in [6.07, 6.45) is 7.72. The molecule has 174 valence electrons. The SMILES string of the molecule is CCON=C(c1ccc(CN2CCC(c3ccn4cnnc4c3)CC2)cc1)c1ccc(Cl)cn1. The topological polar surface area (TPSA) is 67.9 Å². The maximum absolute atomic E-state index is 6.00. The van der Waals surface area contributed by atoms with Gasteiger partial charge in [0.1, 0.15) is 18.6 Å². The fourth-order valence-electron chi connectivity index (χ4n) is 4.43. The second kappa shape index (κ2) is 10.3. The summed E-state index contributed by atoms with van der Waals surface area (Å²) in [6.45, 7) is 5.51. The fourth-order valence-corrected chi connectivity index (χ4v) is 4.54. The third-order valence-corrected chi connectivity index (χ3v) is 6.50. The number of hydrogen-bond acceptors (Lipinski definition) is 6. The molecule has 0 N–H and O–H groups in total. The van der Waals surface area contributed by atoms with Gasteiger partial charge in [-0.05, 0) is 74.2 Å². The fraction of sp³-hybridized carbons (Fsp3) is 0.308. The number of likely N-dealkylation sites (tertiary alicyclic amines) is 1. The standard InChI is InChI=1S/C26H27ClN6O/c1-2-34-31-26(24-8-7-23(27)16-28-24)21-5-3-19(4-6-21)17-32-12-9-20(10-13-32)22-11-14-33-18-29-30-25(33)15-22/h3-8,11,14-16,18,20H,2,9-10,12-13,17H2,1H3. The maximum Gasteiger partial charge on any atom is 0.160 e. The molecule has 0 spiro atoms. The number of nitrogens with zero attached hydrogens (tertiary/aromatic N) is 6. The predicted octanol–water partition coefficient (Wildman–Crippen LogP) is 4.95. The number of pyridine rings is 2. The van der Waals surface area contributed by atoms with Gasteiger partial charge in [0.05, 0.1) is 10.7 Å². The van der Waals surface area contributed by atoms with E-state index in [-0.39, 0.29) is 0 Å². The Kier molecular flexibility index (Phi) is 6.83. The Morgan fingerprint density at radius 2 is 1.94 bits per heavy atom. The molecule has 0 aliphatic carbocycles. The van der Waals surface area contributed by atoms with Crippen LogP contribution in [-0.4, -0.2) is 49.9 Å². The van der Waals surface area contributed by atoms with Crippen LogP contribution in [0.1, 0.15) is 48.1 Å². The van der Waals surface area contributed by atoms with Crippen molar-refractivity contribution >= 4 is 23.0 Å². The Morgan fingerprint density at radius 1 is 1.12 bits per heavy atom. The third kappa shape index (κ3) is 5.11. The van der Waals surface area contributed by atoms with E-state index in [9.17, 15) is 0 Å². The number of piperidine rings is 1. The molecule has 0 radical (unpaired) electrons. The lowest BCUT2D eigenvalue weighted by Crippen LogP contribution is -2.32. The van der Waals surface area contributed by atoms with Crippen LogP contribution in [0.3, 0.4) is 0 Å². The normalized spacial score (nSPS) is 15.6. The molecule has 4 heterocycles. The Balaban J connectivity index is 1.22. The lowest BCUT2D eigenvalue weighted by molar-refractivity contribution is 0.159. The van der Waals surface area contributed by atoms with Crippen LogP contribution in [0.2, 0.25) is 5.02 Å². The quantitative estimate of drug-likeness (QED) is 0.280. The van der Waals surface area contributed by atoms with Crippen LogP contribution in [0.5, 0.6) is 0 Å². The molecule has 0 amide bonds. The van der Waals surface area contributed by atoms with E-state index in [4.69, 9.17) is 16.4 Å². The molecule has 5 rings (SSSR count). The molecule has 1 fully saturated rings. The van der Waals surface area contributed by atoms with Crippen LogP contribution in [0.4, 0.5) is 0 Å². The minimum absolute atomic E-state index is 0.498. The van der Waals surface area contributed by atoms with Gasteiger partial charge < -0.3 is 4.84 Å². The van der Waals surface area contributed by atoms with E-state index in [1.165, 1.54) is 11.1 Å². The first-order valence-corrected chi connectivity index (χ1v) is 12.0. The van der Waals surface area contributed by atoms with Gasteiger partial charge in [-0.25, -0.2) is 0 Å². The van der Waals surface area contributed by atoms with Crippen molar-refractivity contribution < 1.29 is 4.84 Å². The van der Waals surface area contributed by atoms with Crippen LogP contribution in [0.15, 0.2) is 72.4 Å². The highest BCUT2D eigenvalue weighted by Gasteiger charge is 2.21.